The van der Waals surface area contributed by atoms with E-state index in [2.05, 4.69) is 4.98 Å². The molecule has 0 atom stereocenters. The fourth-order valence-electron chi connectivity index (χ4n) is 3.07. The number of ether oxygens (including phenoxy) is 1. The number of para-hydroxylation sites is 1. The molecular formula is C20H16F2N4O2. The van der Waals surface area contributed by atoms with Crippen molar-refractivity contribution in [3.8, 4) is 17.5 Å². The zero-order chi connectivity index (χ0) is 19.5. The Bertz CT molecular complexity index is 991. The Hall–Kier alpha value is -3.28. The van der Waals surface area contributed by atoms with Gasteiger partial charge in [-0.2, -0.15) is 10.2 Å². The predicted octanol–water partition coefficient (Wildman–Crippen LogP) is 3.88. The second kappa shape index (κ2) is 7.76. The van der Waals surface area contributed by atoms with E-state index in [9.17, 15) is 14.0 Å². The van der Waals surface area contributed by atoms with Gasteiger partial charge in [0.1, 0.15) is 23.3 Å². The molecule has 0 bridgehead atoms. The van der Waals surface area contributed by atoms with Crippen molar-refractivity contribution in [2.75, 3.05) is 31.3 Å². The molecule has 1 aromatic heterocycles. The Balaban J connectivity index is 1.85. The van der Waals surface area contributed by atoms with E-state index in [0.717, 1.165) is 17.8 Å². The van der Waals surface area contributed by atoms with Gasteiger partial charge in [-0.15, -0.1) is 0 Å². The van der Waals surface area contributed by atoms with Crippen LogP contribution in [0.3, 0.4) is 0 Å². The van der Waals surface area contributed by atoms with Gasteiger partial charge in [0, 0.05) is 13.1 Å². The van der Waals surface area contributed by atoms with Crippen LogP contribution in [0.25, 0.3) is 11.5 Å². The van der Waals surface area contributed by atoms with E-state index in [1.165, 1.54) is 6.07 Å². The highest BCUT2D eigenvalue weighted by Gasteiger charge is 2.29. The molecular weight excluding hydrogens is 366 g/mol. The Morgan fingerprint density at radius 3 is 2.32 bits per heavy atom. The summed E-state index contributed by atoms with van der Waals surface area (Å²) in [4.78, 5) is 4.05. The molecule has 2 heterocycles. The van der Waals surface area contributed by atoms with Crippen LogP contribution < -0.4 is 5.01 Å². The first-order chi connectivity index (χ1) is 13.7. The lowest BCUT2D eigenvalue weighted by atomic mass is 10.2. The highest BCUT2D eigenvalue weighted by atomic mass is 19.1. The van der Waals surface area contributed by atoms with Gasteiger partial charge in [0.2, 0.25) is 11.6 Å². The van der Waals surface area contributed by atoms with Gasteiger partial charge < -0.3 is 9.15 Å². The fraction of sp³-hybridized carbons (Fsp3) is 0.200. The van der Waals surface area contributed by atoms with Gasteiger partial charge in [-0.3, -0.25) is 0 Å². The zero-order valence-electron chi connectivity index (χ0n) is 14.8. The summed E-state index contributed by atoms with van der Waals surface area (Å²) < 4.78 is 39.6. The van der Waals surface area contributed by atoms with E-state index in [-0.39, 0.29) is 17.5 Å². The first-order valence-electron chi connectivity index (χ1n) is 8.72. The molecule has 0 N–H and O–H groups in total. The van der Waals surface area contributed by atoms with Gasteiger partial charge in [-0.1, -0.05) is 24.3 Å². The van der Waals surface area contributed by atoms with Crippen molar-refractivity contribution in [1.82, 2.24) is 9.99 Å². The van der Waals surface area contributed by atoms with Crippen molar-refractivity contribution in [1.29, 1.82) is 5.26 Å². The van der Waals surface area contributed by atoms with E-state index in [4.69, 9.17) is 9.15 Å². The van der Waals surface area contributed by atoms with Gasteiger partial charge in [-0.05, 0) is 24.3 Å². The largest absolute Gasteiger partial charge is 0.417 e. The predicted molar refractivity (Wildman–Crippen MR) is 97.5 cm³/mol. The summed E-state index contributed by atoms with van der Waals surface area (Å²) in [5.74, 6) is -1.80. The number of anilines is 2. The van der Waals surface area contributed by atoms with Crippen LogP contribution in [0.1, 0.15) is 5.69 Å². The molecule has 0 saturated carbocycles. The average molecular weight is 382 g/mol. The normalized spacial score (nSPS) is 14.6. The molecule has 1 fully saturated rings. The lowest BCUT2D eigenvalue weighted by Gasteiger charge is -2.36. The smallest absolute Gasteiger partial charge is 0.254 e. The maximum atomic E-state index is 14.2. The van der Waals surface area contributed by atoms with E-state index in [1.807, 2.05) is 41.4 Å². The van der Waals surface area contributed by atoms with Crippen LogP contribution in [-0.4, -0.2) is 36.3 Å². The van der Waals surface area contributed by atoms with Gasteiger partial charge in [-0.25, -0.2) is 18.8 Å². The van der Waals surface area contributed by atoms with Crippen molar-refractivity contribution in [2.24, 2.45) is 0 Å². The number of rotatable bonds is 4. The second-order valence-electron chi connectivity index (χ2n) is 6.09. The van der Waals surface area contributed by atoms with Crippen molar-refractivity contribution in [3.05, 3.63) is 65.9 Å². The minimum absolute atomic E-state index is 0.0620. The number of morpholine rings is 1. The van der Waals surface area contributed by atoms with E-state index in [0.29, 0.717) is 26.3 Å². The Morgan fingerprint density at radius 1 is 1.00 bits per heavy atom. The van der Waals surface area contributed by atoms with Gasteiger partial charge in [0.15, 0.2) is 0 Å². The summed E-state index contributed by atoms with van der Waals surface area (Å²) in [6.07, 6.45) is 0. The Labute approximate surface area is 160 Å². The summed E-state index contributed by atoms with van der Waals surface area (Å²) >= 11 is 0. The van der Waals surface area contributed by atoms with Crippen LogP contribution >= 0.6 is 0 Å². The average Bonchev–Trinajstić information content (AvgIpc) is 3.13. The van der Waals surface area contributed by atoms with Crippen molar-refractivity contribution in [3.63, 3.8) is 0 Å². The van der Waals surface area contributed by atoms with E-state index < -0.39 is 17.2 Å². The van der Waals surface area contributed by atoms with E-state index in [1.54, 1.807) is 5.01 Å². The van der Waals surface area contributed by atoms with Crippen LogP contribution in [0.5, 0.6) is 0 Å². The maximum absolute atomic E-state index is 14.2. The van der Waals surface area contributed by atoms with Crippen molar-refractivity contribution >= 4 is 11.6 Å². The Morgan fingerprint density at radius 2 is 1.68 bits per heavy atom. The number of aromatic nitrogens is 1. The number of hydrazine groups is 1. The van der Waals surface area contributed by atoms with Gasteiger partial charge >= 0.3 is 0 Å². The second-order valence-corrected chi connectivity index (χ2v) is 6.09. The third kappa shape index (κ3) is 3.33. The molecule has 1 aliphatic rings. The maximum Gasteiger partial charge on any atom is 0.254 e. The minimum Gasteiger partial charge on any atom is -0.417 e. The minimum atomic E-state index is -0.810. The molecule has 0 aliphatic carbocycles. The van der Waals surface area contributed by atoms with Gasteiger partial charge in [0.25, 0.3) is 5.88 Å². The molecule has 6 nitrogen and oxygen atoms in total. The molecule has 28 heavy (non-hydrogen) atoms. The highest BCUT2D eigenvalue weighted by molar-refractivity contribution is 5.66. The lowest BCUT2D eigenvalue weighted by molar-refractivity contribution is 0.0361. The Kier molecular flexibility index (Phi) is 5.02. The summed E-state index contributed by atoms with van der Waals surface area (Å²) in [5, 5.41) is 13.2. The monoisotopic (exact) mass is 382 g/mol. The molecule has 4 rings (SSSR count). The molecule has 3 aromatic rings. The van der Waals surface area contributed by atoms with Crippen LogP contribution in [0.4, 0.5) is 20.4 Å². The van der Waals surface area contributed by atoms with Crippen molar-refractivity contribution < 1.29 is 17.9 Å². The fourth-order valence-corrected chi connectivity index (χ4v) is 3.07. The molecule has 1 saturated heterocycles. The molecule has 1 aliphatic heterocycles. The number of nitrogens with zero attached hydrogens (tertiary/aromatic N) is 4. The number of nitriles is 1. The number of oxazole rings is 1. The van der Waals surface area contributed by atoms with Gasteiger partial charge in [0.05, 0.1) is 18.9 Å². The van der Waals surface area contributed by atoms with E-state index >= 15 is 0 Å². The zero-order valence-corrected chi connectivity index (χ0v) is 14.8. The number of halogens is 2. The first kappa shape index (κ1) is 18.1. The molecule has 0 spiro atoms. The van der Waals surface area contributed by atoms with Crippen LogP contribution in [0.15, 0.2) is 52.9 Å². The quantitative estimate of drug-likeness (QED) is 0.682. The SMILES string of the molecule is N#Cc1nc(-c2c(F)cccc2F)oc1N(c1ccccc1)N1CCOCC1. The number of hydrogen-bond acceptors (Lipinski definition) is 6. The molecule has 0 unspecified atom stereocenters. The third-order valence-electron chi connectivity index (χ3n) is 4.36. The van der Waals surface area contributed by atoms with Crippen LogP contribution in [0, 0.1) is 23.0 Å². The molecule has 2 aromatic carbocycles. The third-order valence-corrected chi connectivity index (χ3v) is 4.36. The first-order valence-corrected chi connectivity index (χ1v) is 8.72. The molecule has 0 radical (unpaired) electrons. The number of benzene rings is 2. The molecule has 0 amide bonds. The summed E-state index contributed by atoms with van der Waals surface area (Å²) in [5.41, 5.74) is 0.269. The molecule has 8 heteroatoms. The van der Waals surface area contributed by atoms with Crippen LogP contribution in [0.2, 0.25) is 0 Å². The van der Waals surface area contributed by atoms with Crippen molar-refractivity contribution in [2.45, 2.75) is 0 Å². The summed E-state index contributed by atoms with van der Waals surface area (Å²) in [6, 6.07) is 14.7. The van der Waals surface area contributed by atoms with Crippen LogP contribution in [-0.2, 0) is 4.74 Å². The summed E-state index contributed by atoms with van der Waals surface area (Å²) in [6.45, 7) is 2.13. The number of hydrogen-bond donors (Lipinski definition) is 0. The summed E-state index contributed by atoms with van der Waals surface area (Å²) in [7, 11) is 0. The topological polar surface area (TPSA) is 65.5 Å². The molecule has 142 valence electrons. The standard InChI is InChI=1S/C20H16F2N4O2/c21-15-7-4-8-16(22)18(15)19-24-17(13-23)20(28-19)26(14-5-2-1-3-6-14)25-9-11-27-12-10-25/h1-8H,9-12H2. The highest BCUT2D eigenvalue weighted by Crippen LogP contribution is 2.35. The lowest BCUT2D eigenvalue weighted by Crippen LogP contribution is -2.46.